The average Bonchev–Trinajstić information content (AvgIpc) is 2.95. The van der Waals surface area contributed by atoms with E-state index < -0.39 is 29.7 Å². The van der Waals surface area contributed by atoms with E-state index in [-0.39, 0.29) is 36.4 Å². The quantitative estimate of drug-likeness (QED) is 0.405. The fourth-order valence-electron chi connectivity index (χ4n) is 3.36. The molecule has 1 fully saturated rings. The first-order valence-corrected chi connectivity index (χ1v) is 9.63. The third-order valence-corrected chi connectivity index (χ3v) is 4.71. The number of fused-ring (bicyclic) bond motifs is 1. The number of carbonyl (C=O) groups excluding carboxylic acids is 5. The third kappa shape index (κ3) is 4.71. The minimum absolute atomic E-state index is 0.0532. The predicted octanol–water partition coefficient (Wildman–Crippen LogP) is 0.122. The molecular weight excluding hydrogens is 394 g/mol. The molecule has 0 radical (unpaired) electrons. The third-order valence-electron chi connectivity index (χ3n) is 4.71. The first-order valence-electron chi connectivity index (χ1n) is 9.63. The summed E-state index contributed by atoms with van der Waals surface area (Å²) in [5.74, 6) is -2.23. The number of hydrogen-bond acceptors (Lipinski definition) is 8. The van der Waals surface area contributed by atoms with Crippen molar-refractivity contribution in [2.75, 3.05) is 38.3 Å². The van der Waals surface area contributed by atoms with Gasteiger partial charge < -0.3 is 14.8 Å². The Balaban J connectivity index is 1.58. The van der Waals surface area contributed by atoms with Crippen LogP contribution in [0.4, 0.5) is 5.69 Å². The lowest BCUT2D eigenvalue weighted by molar-refractivity contribution is -0.136. The Morgan fingerprint density at radius 3 is 2.63 bits per heavy atom. The van der Waals surface area contributed by atoms with E-state index in [9.17, 15) is 24.0 Å². The first kappa shape index (κ1) is 21.6. The van der Waals surface area contributed by atoms with E-state index in [0.29, 0.717) is 32.1 Å². The Labute approximate surface area is 172 Å². The van der Waals surface area contributed by atoms with Crippen LogP contribution in [0.3, 0.4) is 0 Å². The van der Waals surface area contributed by atoms with E-state index in [4.69, 9.17) is 9.47 Å². The van der Waals surface area contributed by atoms with Crippen molar-refractivity contribution >= 4 is 35.1 Å². The van der Waals surface area contributed by atoms with Crippen LogP contribution in [0.5, 0.6) is 0 Å². The standard InChI is InChI=1S/C20H23N3O7/c1-12(24)11-30-10-9-29-8-7-21-14-4-2-3-13-17(14)20(28)23(19(13)27)15-5-6-16(25)22-18(15)26/h2-4,15,21H,5-11H2,1H3,(H,22,25,26). The van der Waals surface area contributed by atoms with Crippen LogP contribution in [0.1, 0.15) is 40.5 Å². The summed E-state index contributed by atoms with van der Waals surface area (Å²) in [6, 6.07) is 3.86. The van der Waals surface area contributed by atoms with Crippen molar-refractivity contribution in [1.82, 2.24) is 10.2 Å². The van der Waals surface area contributed by atoms with E-state index >= 15 is 0 Å². The van der Waals surface area contributed by atoms with Crippen LogP contribution in [0, 0.1) is 0 Å². The Hall–Kier alpha value is -3.11. The zero-order valence-corrected chi connectivity index (χ0v) is 16.6. The molecule has 2 N–H and O–H groups in total. The summed E-state index contributed by atoms with van der Waals surface area (Å²) in [7, 11) is 0. The molecule has 2 aliphatic heterocycles. The van der Waals surface area contributed by atoms with Crippen LogP contribution >= 0.6 is 0 Å². The number of nitrogens with zero attached hydrogens (tertiary/aromatic N) is 1. The summed E-state index contributed by atoms with van der Waals surface area (Å²) in [5.41, 5.74) is 0.891. The van der Waals surface area contributed by atoms with Gasteiger partial charge in [0.25, 0.3) is 11.8 Å². The van der Waals surface area contributed by atoms with Gasteiger partial charge in [0.2, 0.25) is 11.8 Å². The van der Waals surface area contributed by atoms with Crippen molar-refractivity contribution in [3.63, 3.8) is 0 Å². The number of rotatable bonds is 10. The number of amides is 4. The minimum atomic E-state index is -0.999. The molecule has 1 saturated heterocycles. The number of anilines is 1. The fraction of sp³-hybridized carbons (Fsp3) is 0.450. The fourth-order valence-corrected chi connectivity index (χ4v) is 3.36. The zero-order chi connectivity index (χ0) is 21.7. The molecule has 160 valence electrons. The van der Waals surface area contributed by atoms with Crippen molar-refractivity contribution < 1.29 is 33.4 Å². The summed E-state index contributed by atoms with van der Waals surface area (Å²) < 4.78 is 10.5. The highest BCUT2D eigenvalue weighted by Crippen LogP contribution is 2.32. The molecule has 0 aromatic heterocycles. The van der Waals surface area contributed by atoms with Crippen LogP contribution in [0.25, 0.3) is 0 Å². The van der Waals surface area contributed by atoms with Gasteiger partial charge in [0.05, 0.1) is 30.9 Å². The Bertz CT molecular complexity index is 883. The lowest BCUT2D eigenvalue weighted by Crippen LogP contribution is -2.54. The van der Waals surface area contributed by atoms with E-state index in [1.807, 2.05) is 0 Å². The summed E-state index contributed by atoms with van der Waals surface area (Å²) in [5, 5.41) is 5.25. The Morgan fingerprint density at radius 1 is 1.13 bits per heavy atom. The van der Waals surface area contributed by atoms with Crippen molar-refractivity contribution in [2.45, 2.75) is 25.8 Å². The van der Waals surface area contributed by atoms with Crippen LogP contribution in [0.2, 0.25) is 0 Å². The van der Waals surface area contributed by atoms with Gasteiger partial charge in [-0.1, -0.05) is 6.07 Å². The SMILES string of the molecule is CC(=O)COCCOCCNc1cccc2c1C(=O)N(C1CCC(=O)NC1=O)C2=O. The van der Waals surface area contributed by atoms with Crippen LogP contribution in [-0.2, 0) is 23.9 Å². The number of ether oxygens (including phenoxy) is 2. The maximum absolute atomic E-state index is 12.9. The molecule has 30 heavy (non-hydrogen) atoms. The Morgan fingerprint density at radius 2 is 1.90 bits per heavy atom. The lowest BCUT2D eigenvalue weighted by Gasteiger charge is -2.27. The van der Waals surface area contributed by atoms with Crippen molar-refractivity contribution in [2.24, 2.45) is 0 Å². The van der Waals surface area contributed by atoms with E-state index in [1.165, 1.54) is 13.0 Å². The molecule has 2 aliphatic rings. The second kappa shape index (κ2) is 9.59. The predicted molar refractivity (Wildman–Crippen MR) is 104 cm³/mol. The van der Waals surface area contributed by atoms with Crippen LogP contribution < -0.4 is 10.6 Å². The highest BCUT2D eigenvalue weighted by molar-refractivity contribution is 6.25. The molecule has 4 amide bonds. The average molecular weight is 417 g/mol. The molecule has 0 aliphatic carbocycles. The Kier molecular flexibility index (Phi) is 6.91. The van der Waals surface area contributed by atoms with Gasteiger partial charge in [-0.25, -0.2) is 0 Å². The number of hydrogen-bond donors (Lipinski definition) is 2. The topological polar surface area (TPSA) is 131 Å². The van der Waals surface area contributed by atoms with E-state index in [1.54, 1.807) is 12.1 Å². The van der Waals surface area contributed by atoms with Gasteiger partial charge in [0.1, 0.15) is 12.6 Å². The molecule has 10 heteroatoms. The molecule has 1 aromatic carbocycles. The molecule has 1 aromatic rings. The molecule has 3 rings (SSSR count). The zero-order valence-electron chi connectivity index (χ0n) is 16.6. The minimum Gasteiger partial charge on any atom is -0.382 e. The molecule has 2 heterocycles. The number of nitrogens with one attached hydrogen (secondary N) is 2. The number of Topliss-reactive ketones (excluding diaryl/α,β-unsaturated/α-hetero) is 1. The van der Waals surface area contributed by atoms with Gasteiger partial charge in [-0.15, -0.1) is 0 Å². The lowest BCUT2D eigenvalue weighted by atomic mass is 10.0. The van der Waals surface area contributed by atoms with Gasteiger partial charge >= 0.3 is 0 Å². The largest absolute Gasteiger partial charge is 0.382 e. The second-order valence-corrected chi connectivity index (χ2v) is 6.97. The second-order valence-electron chi connectivity index (χ2n) is 6.97. The van der Waals surface area contributed by atoms with E-state index in [0.717, 1.165) is 4.90 Å². The molecule has 10 nitrogen and oxygen atoms in total. The van der Waals surface area contributed by atoms with Crippen molar-refractivity contribution in [3.05, 3.63) is 29.3 Å². The number of ketones is 1. The highest BCUT2D eigenvalue weighted by atomic mass is 16.5. The summed E-state index contributed by atoms with van der Waals surface area (Å²) in [6.45, 7) is 2.82. The molecular formula is C20H23N3O7. The summed E-state index contributed by atoms with van der Waals surface area (Å²) >= 11 is 0. The number of imide groups is 2. The smallest absolute Gasteiger partial charge is 0.264 e. The molecule has 0 bridgehead atoms. The van der Waals surface area contributed by atoms with Gasteiger partial charge in [-0.3, -0.25) is 34.2 Å². The van der Waals surface area contributed by atoms with Crippen molar-refractivity contribution in [3.8, 4) is 0 Å². The van der Waals surface area contributed by atoms with Gasteiger partial charge in [-0.2, -0.15) is 0 Å². The number of benzene rings is 1. The molecule has 0 saturated carbocycles. The monoisotopic (exact) mass is 417 g/mol. The summed E-state index contributed by atoms with van der Waals surface area (Å²) in [6.07, 6.45) is 0.181. The highest BCUT2D eigenvalue weighted by Gasteiger charge is 2.45. The van der Waals surface area contributed by atoms with Gasteiger partial charge in [-0.05, 0) is 25.5 Å². The van der Waals surface area contributed by atoms with Gasteiger partial charge in [0, 0.05) is 18.7 Å². The first-order chi connectivity index (χ1) is 14.4. The van der Waals surface area contributed by atoms with Gasteiger partial charge in [0.15, 0.2) is 5.78 Å². The number of piperidine rings is 1. The molecule has 1 atom stereocenters. The van der Waals surface area contributed by atoms with Crippen molar-refractivity contribution in [1.29, 1.82) is 0 Å². The maximum atomic E-state index is 12.9. The number of carbonyl (C=O) groups is 5. The molecule has 1 unspecified atom stereocenters. The maximum Gasteiger partial charge on any atom is 0.264 e. The summed E-state index contributed by atoms with van der Waals surface area (Å²) in [4.78, 5) is 60.9. The van der Waals surface area contributed by atoms with Crippen LogP contribution in [0.15, 0.2) is 18.2 Å². The van der Waals surface area contributed by atoms with Crippen LogP contribution in [-0.4, -0.2) is 73.3 Å². The normalized spacial score (nSPS) is 18.4. The van der Waals surface area contributed by atoms with E-state index in [2.05, 4.69) is 10.6 Å². The molecule has 0 spiro atoms.